The second kappa shape index (κ2) is 4.21. The van der Waals surface area contributed by atoms with E-state index in [1.54, 1.807) is 16.6 Å². The van der Waals surface area contributed by atoms with Gasteiger partial charge in [0.05, 0.1) is 5.52 Å². The summed E-state index contributed by atoms with van der Waals surface area (Å²) in [6.45, 7) is 1.96. The van der Waals surface area contributed by atoms with Crippen molar-refractivity contribution < 1.29 is 4.39 Å². The SMILES string of the molecule is Cc1ccc2c(-c3ccc(F)cc3)c(C#N)nn2c1. The van der Waals surface area contributed by atoms with E-state index in [-0.39, 0.29) is 5.82 Å². The van der Waals surface area contributed by atoms with E-state index in [9.17, 15) is 9.65 Å². The summed E-state index contributed by atoms with van der Waals surface area (Å²) in [5, 5.41) is 13.5. The quantitative estimate of drug-likeness (QED) is 0.665. The molecule has 0 amide bonds. The fraction of sp³-hybridized carbons (Fsp3) is 0.0667. The van der Waals surface area contributed by atoms with E-state index in [2.05, 4.69) is 11.2 Å². The van der Waals surface area contributed by atoms with Crippen LogP contribution in [0.5, 0.6) is 0 Å². The maximum atomic E-state index is 13.0. The van der Waals surface area contributed by atoms with Crippen molar-refractivity contribution in [2.75, 3.05) is 0 Å². The zero-order valence-corrected chi connectivity index (χ0v) is 10.3. The number of aryl methyl sites for hydroxylation is 1. The van der Waals surface area contributed by atoms with Crippen molar-refractivity contribution in [3.8, 4) is 17.2 Å². The van der Waals surface area contributed by atoms with E-state index < -0.39 is 0 Å². The molecule has 3 aromatic rings. The molecule has 0 saturated carbocycles. The first-order valence-corrected chi connectivity index (χ1v) is 5.84. The Bertz CT molecular complexity index is 795. The van der Waals surface area contributed by atoms with Gasteiger partial charge in [-0.15, -0.1) is 0 Å². The number of nitrogens with zero attached hydrogens (tertiary/aromatic N) is 3. The summed E-state index contributed by atoms with van der Waals surface area (Å²) < 4.78 is 14.7. The van der Waals surface area contributed by atoms with Gasteiger partial charge in [0.15, 0.2) is 5.69 Å². The second-order valence-electron chi connectivity index (χ2n) is 4.38. The first-order chi connectivity index (χ1) is 9.19. The van der Waals surface area contributed by atoms with E-state index in [1.807, 2.05) is 25.3 Å². The Kier molecular flexibility index (Phi) is 2.53. The number of hydrogen-bond acceptors (Lipinski definition) is 2. The van der Waals surface area contributed by atoms with Gasteiger partial charge in [0, 0.05) is 11.8 Å². The molecule has 0 aliphatic rings. The third-order valence-corrected chi connectivity index (χ3v) is 3.02. The average molecular weight is 251 g/mol. The fourth-order valence-corrected chi connectivity index (χ4v) is 2.13. The lowest BCUT2D eigenvalue weighted by Gasteiger charge is -2.00. The first-order valence-electron chi connectivity index (χ1n) is 5.84. The summed E-state index contributed by atoms with van der Waals surface area (Å²) in [5.41, 5.74) is 3.77. The van der Waals surface area contributed by atoms with E-state index in [1.165, 1.54) is 12.1 Å². The van der Waals surface area contributed by atoms with Crippen LogP contribution in [0.2, 0.25) is 0 Å². The number of fused-ring (bicyclic) bond motifs is 1. The van der Waals surface area contributed by atoms with Crippen LogP contribution >= 0.6 is 0 Å². The molecule has 0 aliphatic carbocycles. The van der Waals surface area contributed by atoms with Crippen LogP contribution in [-0.2, 0) is 0 Å². The Morgan fingerprint density at radius 1 is 1.16 bits per heavy atom. The fourth-order valence-electron chi connectivity index (χ4n) is 2.13. The number of pyridine rings is 1. The molecule has 4 heteroatoms. The molecule has 0 aliphatic heterocycles. The lowest BCUT2D eigenvalue weighted by atomic mass is 10.0. The van der Waals surface area contributed by atoms with E-state index in [0.29, 0.717) is 5.69 Å². The molecule has 1 aromatic carbocycles. The minimum absolute atomic E-state index is 0.297. The molecule has 2 heterocycles. The van der Waals surface area contributed by atoms with Gasteiger partial charge in [-0.2, -0.15) is 10.4 Å². The Balaban J connectivity index is 2.33. The first kappa shape index (κ1) is 11.4. The van der Waals surface area contributed by atoms with Gasteiger partial charge in [0.25, 0.3) is 0 Å². The third kappa shape index (κ3) is 1.85. The lowest BCUT2D eigenvalue weighted by Crippen LogP contribution is -1.87. The molecule has 0 atom stereocenters. The molecule has 0 fully saturated rings. The van der Waals surface area contributed by atoms with Crippen molar-refractivity contribution in [1.82, 2.24) is 9.61 Å². The molecule has 0 N–H and O–H groups in total. The van der Waals surface area contributed by atoms with Gasteiger partial charge >= 0.3 is 0 Å². The second-order valence-corrected chi connectivity index (χ2v) is 4.38. The Morgan fingerprint density at radius 3 is 2.58 bits per heavy atom. The highest BCUT2D eigenvalue weighted by Crippen LogP contribution is 2.28. The van der Waals surface area contributed by atoms with Gasteiger partial charge < -0.3 is 0 Å². The maximum Gasteiger partial charge on any atom is 0.171 e. The molecular weight excluding hydrogens is 241 g/mol. The molecule has 0 unspecified atom stereocenters. The molecule has 3 nitrogen and oxygen atoms in total. The summed E-state index contributed by atoms with van der Waals surface area (Å²) in [7, 11) is 0. The van der Waals surface area contributed by atoms with E-state index >= 15 is 0 Å². The molecule has 0 spiro atoms. The number of halogens is 1. The Hall–Kier alpha value is -2.67. The molecule has 0 saturated heterocycles. The number of benzene rings is 1. The Morgan fingerprint density at radius 2 is 1.89 bits per heavy atom. The summed E-state index contributed by atoms with van der Waals surface area (Å²) in [6, 6.07) is 12.1. The lowest BCUT2D eigenvalue weighted by molar-refractivity contribution is 0.628. The summed E-state index contributed by atoms with van der Waals surface area (Å²) in [6.07, 6.45) is 1.86. The van der Waals surface area contributed by atoms with Crippen molar-refractivity contribution in [2.45, 2.75) is 6.92 Å². The molecule has 0 bridgehead atoms. The summed E-state index contributed by atoms with van der Waals surface area (Å²) in [4.78, 5) is 0. The number of rotatable bonds is 1. The summed E-state index contributed by atoms with van der Waals surface area (Å²) in [5.74, 6) is -0.297. The smallest absolute Gasteiger partial charge is 0.171 e. The Labute approximate surface area is 109 Å². The van der Waals surface area contributed by atoms with Gasteiger partial charge in [0.1, 0.15) is 11.9 Å². The van der Waals surface area contributed by atoms with Crippen LogP contribution in [0.15, 0.2) is 42.6 Å². The molecule has 2 aromatic heterocycles. The highest BCUT2D eigenvalue weighted by Gasteiger charge is 2.14. The van der Waals surface area contributed by atoms with E-state index in [4.69, 9.17) is 0 Å². The zero-order chi connectivity index (χ0) is 13.4. The van der Waals surface area contributed by atoms with Crippen molar-refractivity contribution >= 4 is 5.52 Å². The van der Waals surface area contributed by atoms with Crippen LogP contribution < -0.4 is 0 Å². The summed E-state index contributed by atoms with van der Waals surface area (Å²) >= 11 is 0. The molecule has 0 radical (unpaired) electrons. The standard InChI is InChI=1S/C15H10FN3/c1-10-2-7-14-15(11-3-5-12(16)6-4-11)13(8-17)18-19(14)9-10/h2-7,9H,1H3. The van der Waals surface area contributed by atoms with Crippen molar-refractivity contribution in [1.29, 1.82) is 5.26 Å². The van der Waals surface area contributed by atoms with Crippen LogP contribution in [0.1, 0.15) is 11.3 Å². The monoisotopic (exact) mass is 251 g/mol. The third-order valence-electron chi connectivity index (χ3n) is 3.02. The molecule has 19 heavy (non-hydrogen) atoms. The van der Waals surface area contributed by atoms with Gasteiger partial charge in [-0.25, -0.2) is 8.91 Å². The number of aromatic nitrogens is 2. The maximum absolute atomic E-state index is 13.0. The minimum atomic E-state index is -0.297. The minimum Gasteiger partial charge on any atom is -0.239 e. The van der Waals surface area contributed by atoms with Crippen LogP contribution in [0.25, 0.3) is 16.6 Å². The van der Waals surface area contributed by atoms with Gasteiger partial charge in [0.2, 0.25) is 0 Å². The topological polar surface area (TPSA) is 41.1 Å². The van der Waals surface area contributed by atoms with Crippen LogP contribution in [0.4, 0.5) is 4.39 Å². The highest BCUT2D eigenvalue weighted by atomic mass is 19.1. The largest absolute Gasteiger partial charge is 0.239 e. The van der Waals surface area contributed by atoms with Gasteiger partial charge in [-0.3, -0.25) is 0 Å². The zero-order valence-electron chi connectivity index (χ0n) is 10.3. The van der Waals surface area contributed by atoms with Gasteiger partial charge in [-0.05, 0) is 36.2 Å². The molecule has 3 rings (SSSR count). The normalized spacial score (nSPS) is 10.6. The number of hydrogen-bond donors (Lipinski definition) is 0. The van der Waals surface area contributed by atoms with Crippen LogP contribution in [0, 0.1) is 24.1 Å². The van der Waals surface area contributed by atoms with Crippen molar-refractivity contribution in [3.05, 3.63) is 59.7 Å². The van der Waals surface area contributed by atoms with Crippen molar-refractivity contribution in [2.24, 2.45) is 0 Å². The van der Waals surface area contributed by atoms with E-state index in [0.717, 1.165) is 22.2 Å². The van der Waals surface area contributed by atoms with Gasteiger partial charge in [-0.1, -0.05) is 18.2 Å². The predicted octanol–water partition coefficient (Wildman–Crippen LogP) is 3.32. The number of nitriles is 1. The highest BCUT2D eigenvalue weighted by molar-refractivity contribution is 5.84. The van der Waals surface area contributed by atoms with Crippen LogP contribution in [0.3, 0.4) is 0 Å². The predicted molar refractivity (Wildman–Crippen MR) is 70.0 cm³/mol. The molecule has 92 valence electrons. The van der Waals surface area contributed by atoms with Crippen molar-refractivity contribution in [3.63, 3.8) is 0 Å². The average Bonchev–Trinajstić information content (AvgIpc) is 2.77. The van der Waals surface area contributed by atoms with Crippen LogP contribution in [-0.4, -0.2) is 9.61 Å². The molecular formula is C15H10FN3.